The molecule has 0 spiro atoms. The highest BCUT2D eigenvalue weighted by Crippen LogP contribution is 2.29. The van der Waals surface area contributed by atoms with Crippen LogP contribution in [0.5, 0.6) is 0 Å². The molecule has 0 aromatic heterocycles. The van der Waals surface area contributed by atoms with Crippen LogP contribution in [0.15, 0.2) is 28.4 Å². The lowest BCUT2D eigenvalue weighted by Gasteiger charge is -2.18. The first-order valence-electron chi connectivity index (χ1n) is 4.94. The van der Waals surface area contributed by atoms with Crippen LogP contribution in [0.1, 0.15) is 18.9 Å². The van der Waals surface area contributed by atoms with E-state index < -0.39 is 0 Å². The molecule has 1 atom stereocenters. The monoisotopic (exact) mass is 255 g/mol. The molecule has 1 aromatic carbocycles. The number of rotatable bonds is 1. The zero-order valence-electron chi connectivity index (χ0n) is 8.74. The quantitative estimate of drug-likeness (QED) is 0.824. The van der Waals surface area contributed by atoms with E-state index in [0.717, 1.165) is 11.3 Å². The van der Waals surface area contributed by atoms with Gasteiger partial charge in [-0.3, -0.25) is 0 Å². The second kappa shape index (κ2) is 4.44. The number of nitrogens with two attached hydrogens (primary N) is 1. The zero-order valence-corrected chi connectivity index (χ0v) is 10.3. The third kappa shape index (κ3) is 2.06. The van der Waals surface area contributed by atoms with Crippen molar-refractivity contribution in [2.75, 3.05) is 0 Å². The highest BCUT2D eigenvalue weighted by molar-refractivity contribution is 6.44. The average Bonchev–Trinajstić information content (AvgIpc) is 2.23. The Bertz CT molecular complexity index is 480. The molecule has 1 heterocycles. The normalized spacial score (nSPS) is 20.3. The van der Waals surface area contributed by atoms with Crippen molar-refractivity contribution in [3.63, 3.8) is 0 Å². The van der Waals surface area contributed by atoms with Crippen LogP contribution in [0, 0.1) is 5.92 Å². The molecule has 0 aliphatic carbocycles. The maximum Gasteiger partial charge on any atom is 0.123 e. The number of halogens is 2. The summed E-state index contributed by atoms with van der Waals surface area (Å²) in [6.07, 6.45) is 0.696. The molecule has 1 aromatic rings. The predicted octanol–water partition coefficient (Wildman–Crippen LogP) is 3.09. The molecule has 5 heteroatoms. The van der Waals surface area contributed by atoms with E-state index >= 15 is 0 Å². The number of hydrogen-bond acceptors (Lipinski definition) is 3. The fourth-order valence-electron chi connectivity index (χ4n) is 1.69. The molecule has 1 unspecified atom stereocenters. The van der Waals surface area contributed by atoms with Crippen LogP contribution < -0.4 is 5.73 Å². The summed E-state index contributed by atoms with van der Waals surface area (Å²) in [5, 5.41) is 9.03. The topological polar surface area (TPSA) is 50.7 Å². The van der Waals surface area contributed by atoms with Gasteiger partial charge in [0.2, 0.25) is 0 Å². The summed E-state index contributed by atoms with van der Waals surface area (Å²) in [4.78, 5) is 0. The van der Waals surface area contributed by atoms with E-state index in [-0.39, 0.29) is 5.92 Å². The van der Waals surface area contributed by atoms with Gasteiger partial charge in [-0.15, -0.1) is 5.10 Å². The van der Waals surface area contributed by atoms with E-state index in [0.29, 0.717) is 22.3 Å². The van der Waals surface area contributed by atoms with Gasteiger partial charge in [-0.2, -0.15) is 5.10 Å². The Hall–Kier alpha value is -1.06. The molecule has 16 heavy (non-hydrogen) atoms. The minimum absolute atomic E-state index is 0.202. The fourth-order valence-corrected chi connectivity index (χ4v) is 2.09. The third-order valence-corrected chi connectivity index (χ3v) is 3.31. The Morgan fingerprint density at radius 2 is 2.06 bits per heavy atom. The van der Waals surface area contributed by atoms with Crippen molar-refractivity contribution < 1.29 is 0 Å². The van der Waals surface area contributed by atoms with Crippen LogP contribution in [-0.2, 0) is 0 Å². The van der Waals surface area contributed by atoms with Gasteiger partial charge in [0.15, 0.2) is 0 Å². The highest BCUT2D eigenvalue weighted by Gasteiger charge is 2.21. The van der Waals surface area contributed by atoms with Gasteiger partial charge in [0.25, 0.3) is 0 Å². The van der Waals surface area contributed by atoms with E-state index in [1.807, 2.05) is 19.1 Å². The van der Waals surface area contributed by atoms with Gasteiger partial charge in [-0.25, -0.2) is 0 Å². The van der Waals surface area contributed by atoms with Crippen LogP contribution in [-0.4, -0.2) is 11.5 Å². The molecule has 84 valence electrons. The lowest BCUT2D eigenvalue weighted by atomic mass is 9.94. The summed E-state index contributed by atoms with van der Waals surface area (Å²) in [6.45, 7) is 2.04. The summed E-state index contributed by atoms with van der Waals surface area (Å²) in [5.74, 6) is 0.753. The standard InChI is InChI=1S/C11H11Cl2N3/c1-6-5-9(14)15-16-11(6)7-3-2-4-8(12)10(7)13/h2-4,6H,5H2,1H3,(H2,14,15). The summed E-state index contributed by atoms with van der Waals surface area (Å²) in [5.41, 5.74) is 7.28. The van der Waals surface area contributed by atoms with Gasteiger partial charge in [-0.1, -0.05) is 42.3 Å². The molecule has 0 saturated heterocycles. The first-order chi connectivity index (χ1) is 7.59. The first-order valence-corrected chi connectivity index (χ1v) is 5.69. The Balaban J connectivity index is 2.49. The molecular weight excluding hydrogens is 245 g/mol. The molecule has 0 radical (unpaired) electrons. The molecule has 2 rings (SSSR count). The number of hydrogen-bond donors (Lipinski definition) is 1. The van der Waals surface area contributed by atoms with E-state index in [9.17, 15) is 0 Å². The van der Waals surface area contributed by atoms with E-state index in [2.05, 4.69) is 10.2 Å². The van der Waals surface area contributed by atoms with Gasteiger partial charge in [0.05, 0.1) is 15.8 Å². The summed E-state index contributed by atoms with van der Waals surface area (Å²) in [7, 11) is 0. The van der Waals surface area contributed by atoms with Crippen LogP contribution in [0.25, 0.3) is 0 Å². The highest BCUT2D eigenvalue weighted by atomic mass is 35.5. The van der Waals surface area contributed by atoms with Gasteiger partial charge in [0, 0.05) is 17.9 Å². The summed E-state index contributed by atoms with van der Waals surface area (Å²) >= 11 is 12.1. The van der Waals surface area contributed by atoms with Gasteiger partial charge in [-0.05, 0) is 6.07 Å². The third-order valence-electron chi connectivity index (χ3n) is 2.50. The molecule has 1 aliphatic rings. The predicted molar refractivity (Wildman–Crippen MR) is 68.4 cm³/mol. The minimum Gasteiger partial charge on any atom is -0.386 e. The minimum atomic E-state index is 0.202. The van der Waals surface area contributed by atoms with Crippen molar-refractivity contribution in [3.05, 3.63) is 33.8 Å². The summed E-state index contributed by atoms with van der Waals surface area (Å²) in [6, 6.07) is 5.49. The smallest absolute Gasteiger partial charge is 0.123 e. The number of amidine groups is 1. The first kappa shape index (κ1) is 11.4. The molecular formula is C11H11Cl2N3. The number of nitrogens with zero attached hydrogens (tertiary/aromatic N) is 2. The molecule has 0 fully saturated rings. The fraction of sp³-hybridized carbons (Fsp3) is 0.273. The molecule has 0 amide bonds. The van der Waals surface area contributed by atoms with Crippen molar-refractivity contribution >= 4 is 34.7 Å². The summed E-state index contributed by atoms with van der Waals surface area (Å²) < 4.78 is 0. The second-order valence-electron chi connectivity index (χ2n) is 3.78. The van der Waals surface area contributed by atoms with E-state index in [1.54, 1.807) is 6.07 Å². The molecule has 2 N–H and O–H groups in total. The maximum atomic E-state index is 6.14. The Morgan fingerprint density at radius 3 is 2.75 bits per heavy atom. The molecule has 0 bridgehead atoms. The van der Waals surface area contributed by atoms with E-state index in [4.69, 9.17) is 28.9 Å². The lowest BCUT2D eigenvalue weighted by Crippen LogP contribution is -2.25. The molecule has 1 aliphatic heterocycles. The van der Waals surface area contributed by atoms with Crippen LogP contribution >= 0.6 is 23.2 Å². The van der Waals surface area contributed by atoms with Gasteiger partial charge in [0.1, 0.15) is 5.84 Å². The van der Waals surface area contributed by atoms with Crippen molar-refractivity contribution in [2.24, 2.45) is 21.9 Å². The maximum absolute atomic E-state index is 6.14. The number of benzene rings is 1. The van der Waals surface area contributed by atoms with Crippen molar-refractivity contribution in [1.82, 2.24) is 0 Å². The zero-order chi connectivity index (χ0) is 11.7. The Labute approximate surface area is 104 Å². The van der Waals surface area contributed by atoms with Gasteiger partial charge >= 0.3 is 0 Å². The largest absolute Gasteiger partial charge is 0.386 e. The second-order valence-corrected chi connectivity index (χ2v) is 4.57. The Morgan fingerprint density at radius 1 is 1.31 bits per heavy atom. The van der Waals surface area contributed by atoms with Crippen molar-refractivity contribution in [1.29, 1.82) is 0 Å². The van der Waals surface area contributed by atoms with Gasteiger partial charge < -0.3 is 5.73 Å². The molecule has 0 saturated carbocycles. The lowest BCUT2D eigenvalue weighted by molar-refractivity contribution is 0.783. The molecule has 3 nitrogen and oxygen atoms in total. The van der Waals surface area contributed by atoms with Crippen molar-refractivity contribution in [2.45, 2.75) is 13.3 Å². The van der Waals surface area contributed by atoms with Crippen LogP contribution in [0.4, 0.5) is 0 Å². The average molecular weight is 256 g/mol. The van der Waals surface area contributed by atoms with Crippen LogP contribution in [0.3, 0.4) is 0 Å². The SMILES string of the molecule is CC1CC(N)=NN=C1c1cccc(Cl)c1Cl. The van der Waals surface area contributed by atoms with Crippen molar-refractivity contribution in [3.8, 4) is 0 Å². The van der Waals surface area contributed by atoms with Crippen LogP contribution in [0.2, 0.25) is 10.0 Å². The van der Waals surface area contributed by atoms with E-state index in [1.165, 1.54) is 0 Å². The Kier molecular flexibility index (Phi) is 3.17.